The summed E-state index contributed by atoms with van der Waals surface area (Å²) in [6, 6.07) is 2.53. The molecule has 0 saturated heterocycles. The molecule has 2 atom stereocenters. The SMILES string of the molecule is CC(C)c1cc(NC2CCCC2CCO)nc(C(C)C)n1. The van der Waals surface area contributed by atoms with Gasteiger partial charge in [0.15, 0.2) is 0 Å². The van der Waals surface area contributed by atoms with Gasteiger partial charge in [-0.05, 0) is 31.1 Å². The molecule has 1 saturated carbocycles. The molecular formula is C17H29N3O. The first-order chi connectivity index (χ1) is 10.0. The van der Waals surface area contributed by atoms with E-state index in [0.717, 1.165) is 23.8 Å². The van der Waals surface area contributed by atoms with Crippen LogP contribution in [0.5, 0.6) is 0 Å². The summed E-state index contributed by atoms with van der Waals surface area (Å²) in [7, 11) is 0. The predicted molar refractivity (Wildman–Crippen MR) is 86.7 cm³/mol. The molecule has 0 spiro atoms. The van der Waals surface area contributed by atoms with E-state index < -0.39 is 0 Å². The van der Waals surface area contributed by atoms with Gasteiger partial charge in [-0.3, -0.25) is 0 Å². The van der Waals surface area contributed by atoms with Crippen LogP contribution in [0.2, 0.25) is 0 Å². The summed E-state index contributed by atoms with van der Waals surface area (Å²) in [6.07, 6.45) is 4.50. The standard InChI is InChI=1S/C17H29N3O/c1-11(2)15-10-16(20-17(19-15)12(3)4)18-14-7-5-6-13(14)8-9-21/h10-14,21H,5-9H2,1-4H3,(H,18,19,20). The molecule has 1 aromatic heterocycles. The zero-order chi connectivity index (χ0) is 15.4. The summed E-state index contributed by atoms with van der Waals surface area (Å²) in [5.41, 5.74) is 1.10. The molecule has 2 N–H and O–H groups in total. The molecule has 0 bridgehead atoms. The molecule has 1 aliphatic carbocycles. The minimum atomic E-state index is 0.279. The van der Waals surface area contributed by atoms with E-state index in [1.165, 1.54) is 19.3 Å². The third-order valence-corrected chi connectivity index (χ3v) is 4.36. The van der Waals surface area contributed by atoms with Gasteiger partial charge in [-0.2, -0.15) is 0 Å². The van der Waals surface area contributed by atoms with Crippen LogP contribution in [-0.2, 0) is 0 Å². The van der Waals surface area contributed by atoms with Crippen LogP contribution >= 0.6 is 0 Å². The number of hydrogen-bond donors (Lipinski definition) is 2. The molecule has 118 valence electrons. The zero-order valence-electron chi connectivity index (χ0n) is 13.8. The van der Waals surface area contributed by atoms with E-state index in [-0.39, 0.29) is 6.61 Å². The Hall–Kier alpha value is -1.16. The topological polar surface area (TPSA) is 58.0 Å². The summed E-state index contributed by atoms with van der Waals surface area (Å²) in [4.78, 5) is 9.36. The number of aliphatic hydroxyl groups excluding tert-OH is 1. The highest BCUT2D eigenvalue weighted by Gasteiger charge is 2.27. The second-order valence-corrected chi connectivity index (χ2v) is 6.80. The lowest BCUT2D eigenvalue weighted by molar-refractivity contribution is 0.254. The Bertz CT molecular complexity index is 433. The molecule has 2 rings (SSSR count). The fourth-order valence-electron chi connectivity index (χ4n) is 3.04. The highest BCUT2D eigenvalue weighted by Crippen LogP contribution is 2.31. The quantitative estimate of drug-likeness (QED) is 0.839. The molecule has 1 fully saturated rings. The molecule has 4 heteroatoms. The largest absolute Gasteiger partial charge is 0.396 e. The maximum atomic E-state index is 9.19. The van der Waals surface area contributed by atoms with Gasteiger partial charge < -0.3 is 10.4 Å². The van der Waals surface area contributed by atoms with Crippen LogP contribution in [0.3, 0.4) is 0 Å². The van der Waals surface area contributed by atoms with Crippen molar-refractivity contribution in [2.45, 2.75) is 71.3 Å². The maximum Gasteiger partial charge on any atom is 0.133 e. The predicted octanol–water partition coefficient (Wildman–Crippen LogP) is 3.69. The van der Waals surface area contributed by atoms with E-state index in [9.17, 15) is 5.11 Å². The minimum Gasteiger partial charge on any atom is -0.396 e. The van der Waals surface area contributed by atoms with E-state index >= 15 is 0 Å². The van der Waals surface area contributed by atoms with E-state index in [4.69, 9.17) is 0 Å². The van der Waals surface area contributed by atoms with Gasteiger partial charge in [-0.15, -0.1) is 0 Å². The molecule has 21 heavy (non-hydrogen) atoms. The summed E-state index contributed by atoms with van der Waals surface area (Å²) < 4.78 is 0. The Balaban J connectivity index is 2.18. The molecule has 0 aliphatic heterocycles. The molecule has 2 unspecified atom stereocenters. The fraction of sp³-hybridized carbons (Fsp3) is 0.765. The molecule has 4 nitrogen and oxygen atoms in total. The summed E-state index contributed by atoms with van der Waals surface area (Å²) in [5.74, 6) is 3.17. The van der Waals surface area contributed by atoms with E-state index in [0.29, 0.717) is 23.8 Å². The van der Waals surface area contributed by atoms with Crippen LogP contribution in [0, 0.1) is 5.92 Å². The first-order valence-electron chi connectivity index (χ1n) is 8.27. The van der Waals surface area contributed by atoms with Crippen LogP contribution in [0.1, 0.15) is 76.7 Å². The lowest BCUT2D eigenvalue weighted by Crippen LogP contribution is -2.25. The molecule has 0 radical (unpaired) electrons. The Morgan fingerprint density at radius 3 is 2.57 bits per heavy atom. The van der Waals surface area contributed by atoms with Crippen molar-refractivity contribution in [1.29, 1.82) is 0 Å². The van der Waals surface area contributed by atoms with Gasteiger partial charge in [0.05, 0.1) is 0 Å². The average molecular weight is 291 g/mol. The van der Waals surface area contributed by atoms with Crippen molar-refractivity contribution in [3.63, 3.8) is 0 Å². The highest BCUT2D eigenvalue weighted by molar-refractivity contribution is 5.39. The third-order valence-electron chi connectivity index (χ3n) is 4.36. The smallest absolute Gasteiger partial charge is 0.133 e. The van der Waals surface area contributed by atoms with Crippen LogP contribution < -0.4 is 5.32 Å². The number of nitrogens with one attached hydrogen (secondary N) is 1. The van der Waals surface area contributed by atoms with Gasteiger partial charge in [-0.1, -0.05) is 34.1 Å². The van der Waals surface area contributed by atoms with Gasteiger partial charge >= 0.3 is 0 Å². The number of rotatable bonds is 6. The van der Waals surface area contributed by atoms with E-state index in [1.54, 1.807) is 0 Å². The first kappa shape index (κ1) is 16.2. The highest BCUT2D eigenvalue weighted by atomic mass is 16.3. The maximum absolute atomic E-state index is 9.19. The van der Waals surface area contributed by atoms with Crippen molar-refractivity contribution in [1.82, 2.24) is 9.97 Å². The number of aliphatic hydroxyl groups is 1. The van der Waals surface area contributed by atoms with Crippen molar-refractivity contribution < 1.29 is 5.11 Å². The normalized spacial score (nSPS) is 22.2. The molecule has 1 aliphatic rings. The average Bonchev–Trinajstić information content (AvgIpc) is 2.86. The number of anilines is 1. The second kappa shape index (κ2) is 7.21. The fourth-order valence-corrected chi connectivity index (χ4v) is 3.04. The number of hydrogen-bond acceptors (Lipinski definition) is 4. The summed E-state index contributed by atoms with van der Waals surface area (Å²) in [6.45, 7) is 8.88. The van der Waals surface area contributed by atoms with E-state index in [1.807, 2.05) is 0 Å². The first-order valence-corrected chi connectivity index (χ1v) is 8.27. The van der Waals surface area contributed by atoms with Gasteiger partial charge in [0.1, 0.15) is 11.6 Å². The molecule has 1 heterocycles. The Morgan fingerprint density at radius 1 is 1.19 bits per heavy atom. The number of aromatic nitrogens is 2. The van der Waals surface area contributed by atoms with E-state index in [2.05, 4.69) is 49.0 Å². The molecule has 0 amide bonds. The van der Waals surface area contributed by atoms with Gasteiger partial charge in [-0.25, -0.2) is 9.97 Å². The van der Waals surface area contributed by atoms with Gasteiger partial charge in [0.2, 0.25) is 0 Å². The van der Waals surface area contributed by atoms with Crippen LogP contribution in [-0.4, -0.2) is 27.7 Å². The van der Waals surface area contributed by atoms with Gasteiger partial charge in [0, 0.05) is 30.3 Å². The molecule has 1 aromatic rings. The van der Waals surface area contributed by atoms with Crippen molar-refractivity contribution in [2.75, 3.05) is 11.9 Å². The molecular weight excluding hydrogens is 262 g/mol. The van der Waals surface area contributed by atoms with Crippen molar-refractivity contribution in [3.8, 4) is 0 Å². The summed E-state index contributed by atoms with van der Waals surface area (Å²) >= 11 is 0. The minimum absolute atomic E-state index is 0.279. The Morgan fingerprint density at radius 2 is 1.95 bits per heavy atom. The summed E-state index contributed by atoms with van der Waals surface area (Å²) in [5, 5.41) is 12.8. The Labute approximate surface area is 128 Å². The monoisotopic (exact) mass is 291 g/mol. The van der Waals surface area contributed by atoms with Gasteiger partial charge in [0.25, 0.3) is 0 Å². The number of nitrogens with zero attached hydrogens (tertiary/aromatic N) is 2. The Kier molecular flexibility index (Phi) is 5.57. The second-order valence-electron chi connectivity index (χ2n) is 6.80. The lowest BCUT2D eigenvalue weighted by Gasteiger charge is -2.22. The zero-order valence-corrected chi connectivity index (χ0v) is 13.8. The lowest BCUT2D eigenvalue weighted by atomic mass is 10.00. The van der Waals surface area contributed by atoms with Crippen LogP contribution in [0.15, 0.2) is 6.07 Å². The molecule has 0 aromatic carbocycles. The third kappa shape index (κ3) is 4.16. The van der Waals surface area contributed by atoms with Crippen LogP contribution in [0.4, 0.5) is 5.82 Å². The van der Waals surface area contributed by atoms with Crippen LogP contribution in [0.25, 0.3) is 0 Å². The van der Waals surface area contributed by atoms with Crippen molar-refractivity contribution >= 4 is 5.82 Å². The van der Waals surface area contributed by atoms with Crippen molar-refractivity contribution in [2.24, 2.45) is 5.92 Å². The van der Waals surface area contributed by atoms with Crippen molar-refractivity contribution in [3.05, 3.63) is 17.6 Å².